The van der Waals surface area contributed by atoms with Gasteiger partial charge in [-0.1, -0.05) is 0 Å². The monoisotopic (exact) mass is 306 g/mol. The van der Waals surface area contributed by atoms with Crippen molar-refractivity contribution in [3.05, 3.63) is 24.3 Å². The molecule has 0 aromatic carbocycles. The third-order valence-corrected chi connectivity index (χ3v) is 3.73. The smallest absolute Gasteiger partial charge is 0.407 e. The molecule has 1 aliphatic heterocycles. The van der Waals surface area contributed by atoms with Crippen LogP contribution < -0.4 is 5.32 Å². The molecule has 6 heteroatoms. The Balaban J connectivity index is 1.90. The topological polar surface area (TPSA) is 67.4 Å². The zero-order valence-corrected chi connectivity index (χ0v) is 13.9. The van der Waals surface area contributed by atoms with Crippen LogP contribution in [-0.2, 0) is 4.74 Å². The Bertz CT molecular complexity index is 487. The standard InChI is InChI=1S/C16H26N4O2/c1-12(14-10-17-7-8-18-14)20-9-5-6-13(11-20)19-15(21)22-16(2,3)4/h7-8,10,12-13H,5-6,9,11H2,1-4H3,(H,19,21). The number of nitrogens with zero attached hydrogens (tertiary/aromatic N) is 3. The molecule has 0 aliphatic carbocycles. The van der Waals surface area contributed by atoms with E-state index in [2.05, 4.69) is 27.1 Å². The molecule has 2 heterocycles. The van der Waals surface area contributed by atoms with Gasteiger partial charge in [0.2, 0.25) is 0 Å². The highest BCUT2D eigenvalue weighted by Crippen LogP contribution is 2.22. The molecule has 1 saturated heterocycles. The Morgan fingerprint density at radius 1 is 1.45 bits per heavy atom. The van der Waals surface area contributed by atoms with Gasteiger partial charge in [0.1, 0.15) is 5.60 Å². The summed E-state index contributed by atoms with van der Waals surface area (Å²) in [5.74, 6) is 0. The minimum absolute atomic E-state index is 0.114. The van der Waals surface area contributed by atoms with Gasteiger partial charge < -0.3 is 10.1 Å². The SMILES string of the molecule is CC(c1cnccn1)N1CCCC(NC(=O)OC(C)(C)C)C1. The number of aromatic nitrogens is 2. The van der Waals surface area contributed by atoms with E-state index >= 15 is 0 Å². The first-order valence-corrected chi connectivity index (χ1v) is 7.84. The maximum atomic E-state index is 11.9. The first-order chi connectivity index (χ1) is 10.3. The van der Waals surface area contributed by atoms with Gasteiger partial charge in [-0.25, -0.2) is 4.79 Å². The number of hydrogen-bond acceptors (Lipinski definition) is 5. The van der Waals surface area contributed by atoms with Crippen molar-refractivity contribution in [3.8, 4) is 0 Å². The summed E-state index contributed by atoms with van der Waals surface area (Å²) in [7, 11) is 0. The Hall–Kier alpha value is -1.69. The molecule has 2 atom stereocenters. The Morgan fingerprint density at radius 3 is 2.86 bits per heavy atom. The van der Waals surface area contributed by atoms with Crippen molar-refractivity contribution in [2.24, 2.45) is 0 Å². The van der Waals surface area contributed by atoms with Crippen molar-refractivity contribution in [1.29, 1.82) is 0 Å². The molecule has 2 rings (SSSR count). The molecule has 6 nitrogen and oxygen atoms in total. The van der Waals surface area contributed by atoms with Gasteiger partial charge in [-0.2, -0.15) is 0 Å². The molecule has 2 unspecified atom stereocenters. The number of ether oxygens (including phenoxy) is 1. The molecule has 0 spiro atoms. The predicted octanol–water partition coefficient (Wildman–Crippen LogP) is 2.53. The summed E-state index contributed by atoms with van der Waals surface area (Å²) in [6.45, 7) is 9.54. The second kappa shape index (κ2) is 7.05. The summed E-state index contributed by atoms with van der Waals surface area (Å²) in [5.41, 5.74) is 0.492. The highest BCUT2D eigenvalue weighted by atomic mass is 16.6. The number of carbonyl (C=O) groups is 1. The lowest BCUT2D eigenvalue weighted by molar-refractivity contribution is 0.0457. The summed E-state index contributed by atoms with van der Waals surface area (Å²) in [4.78, 5) is 22.7. The minimum Gasteiger partial charge on any atom is -0.444 e. The van der Waals surface area contributed by atoms with Gasteiger partial charge in [0.15, 0.2) is 0 Å². The third-order valence-electron chi connectivity index (χ3n) is 3.73. The van der Waals surface area contributed by atoms with Crippen molar-refractivity contribution < 1.29 is 9.53 Å². The molecule has 0 bridgehead atoms. The van der Waals surface area contributed by atoms with Crippen LogP contribution in [-0.4, -0.2) is 45.7 Å². The van der Waals surface area contributed by atoms with Crippen LogP contribution in [0.15, 0.2) is 18.6 Å². The minimum atomic E-state index is -0.467. The predicted molar refractivity (Wildman–Crippen MR) is 84.4 cm³/mol. The lowest BCUT2D eigenvalue weighted by Gasteiger charge is -2.36. The van der Waals surface area contributed by atoms with E-state index in [1.165, 1.54) is 0 Å². The fraction of sp³-hybridized carbons (Fsp3) is 0.688. The molecular weight excluding hydrogens is 280 g/mol. The molecule has 1 amide bonds. The van der Waals surface area contributed by atoms with Gasteiger partial charge in [0.05, 0.1) is 11.7 Å². The molecule has 22 heavy (non-hydrogen) atoms. The van der Waals surface area contributed by atoms with Crippen molar-refractivity contribution in [1.82, 2.24) is 20.2 Å². The van der Waals surface area contributed by atoms with E-state index in [1.54, 1.807) is 18.6 Å². The summed E-state index contributed by atoms with van der Waals surface area (Å²) >= 11 is 0. The summed E-state index contributed by atoms with van der Waals surface area (Å²) in [5, 5.41) is 2.97. The van der Waals surface area contributed by atoms with Crippen LogP contribution in [0.4, 0.5) is 4.79 Å². The number of likely N-dealkylation sites (tertiary alicyclic amines) is 1. The molecule has 0 saturated carbocycles. The Morgan fingerprint density at radius 2 is 2.23 bits per heavy atom. The van der Waals surface area contributed by atoms with E-state index in [-0.39, 0.29) is 18.2 Å². The third kappa shape index (κ3) is 4.94. The average Bonchev–Trinajstić information content (AvgIpc) is 2.45. The van der Waals surface area contributed by atoms with Crippen LogP contribution in [0, 0.1) is 0 Å². The van der Waals surface area contributed by atoms with Gasteiger partial charge in [0, 0.05) is 31.2 Å². The summed E-state index contributed by atoms with van der Waals surface area (Å²) in [6.07, 6.45) is 6.88. The van der Waals surface area contributed by atoms with E-state index in [4.69, 9.17) is 4.74 Å². The fourth-order valence-electron chi connectivity index (χ4n) is 2.66. The number of alkyl carbamates (subject to hydrolysis) is 1. The van der Waals surface area contributed by atoms with Crippen LogP contribution >= 0.6 is 0 Å². The maximum absolute atomic E-state index is 11.9. The van der Waals surface area contributed by atoms with Gasteiger partial charge in [0.25, 0.3) is 0 Å². The summed E-state index contributed by atoms with van der Waals surface area (Å²) in [6, 6.07) is 0.305. The molecule has 1 N–H and O–H groups in total. The van der Waals surface area contributed by atoms with E-state index in [0.717, 1.165) is 31.6 Å². The van der Waals surface area contributed by atoms with E-state index in [1.807, 2.05) is 20.8 Å². The molecule has 1 aromatic heterocycles. The summed E-state index contributed by atoms with van der Waals surface area (Å²) < 4.78 is 5.33. The molecule has 1 fully saturated rings. The highest BCUT2D eigenvalue weighted by Gasteiger charge is 2.27. The lowest BCUT2D eigenvalue weighted by atomic mass is 10.0. The van der Waals surface area contributed by atoms with Crippen molar-refractivity contribution in [2.45, 2.75) is 58.2 Å². The number of nitrogens with one attached hydrogen (secondary N) is 1. The maximum Gasteiger partial charge on any atom is 0.407 e. The lowest BCUT2D eigenvalue weighted by Crippen LogP contribution is -2.49. The van der Waals surface area contributed by atoms with Crippen molar-refractivity contribution >= 4 is 6.09 Å². The van der Waals surface area contributed by atoms with Gasteiger partial charge in [-0.05, 0) is 47.1 Å². The van der Waals surface area contributed by atoms with E-state index < -0.39 is 5.60 Å². The number of piperidine rings is 1. The molecule has 1 aromatic rings. The largest absolute Gasteiger partial charge is 0.444 e. The van der Waals surface area contributed by atoms with Crippen LogP contribution in [0.5, 0.6) is 0 Å². The van der Waals surface area contributed by atoms with Crippen LogP contribution in [0.1, 0.15) is 52.3 Å². The van der Waals surface area contributed by atoms with Crippen molar-refractivity contribution in [2.75, 3.05) is 13.1 Å². The first kappa shape index (κ1) is 16.7. The van der Waals surface area contributed by atoms with E-state index in [9.17, 15) is 4.79 Å². The quantitative estimate of drug-likeness (QED) is 0.929. The molecule has 1 aliphatic rings. The zero-order valence-electron chi connectivity index (χ0n) is 13.9. The van der Waals surface area contributed by atoms with Crippen LogP contribution in [0.3, 0.4) is 0 Å². The number of hydrogen-bond donors (Lipinski definition) is 1. The fourth-order valence-corrected chi connectivity index (χ4v) is 2.66. The molecule has 122 valence electrons. The second-order valence-corrected chi connectivity index (χ2v) is 6.79. The molecular formula is C16H26N4O2. The van der Waals surface area contributed by atoms with Gasteiger partial charge in [-0.3, -0.25) is 14.9 Å². The second-order valence-electron chi connectivity index (χ2n) is 6.79. The van der Waals surface area contributed by atoms with Crippen LogP contribution in [0.2, 0.25) is 0 Å². The Kier molecular flexibility index (Phi) is 5.34. The van der Waals surface area contributed by atoms with Gasteiger partial charge >= 0.3 is 6.09 Å². The van der Waals surface area contributed by atoms with Crippen molar-refractivity contribution in [3.63, 3.8) is 0 Å². The average molecular weight is 306 g/mol. The molecule has 0 radical (unpaired) electrons. The highest BCUT2D eigenvalue weighted by molar-refractivity contribution is 5.68. The number of amides is 1. The first-order valence-electron chi connectivity index (χ1n) is 7.84. The zero-order chi connectivity index (χ0) is 16.2. The van der Waals surface area contributed by atoms with Gasteiger partial charge in [-0.15, -0.1) is 0 Å². The van der Waals surface area contributed by atoms with E-state index in [0.29, 0.717) is 0 Å². The van der Waals surface area contributed by atoms with Crippen LogP contribution in [0.25, 0.3) is 0 Å². The normalized spacial score (nSPS) is 21.2. The number of rotatable bonds is 3. The Labute approximate surface area is 132 Å². The number of carbonyl (C=O) groups excluding carboxylic acids is 1.